The Morgan fingerprint density at radius 2 is 1.67 bits per heavy atom. The molecule has 5 nitrogen and oxygen atoms in total. The van der Waals surface area contributed by atoms with Crippen LogP contribution in [-0.2, 0) is 10.2 Å². The maximum Gasteiger partial charge on any atom is 0.274 e. The summed E-state index contributed by atoms with van der Waals surface area (Å²) in [7, 11) is -3.73. The minimum atomic E-state index is -3.73. The molecule has 0 amide bonds. The number of hydrogen-bond donors (Lipinski definition) is 3. The van der Waals surface area contributed by atoms with Crippen molar-refractivity contribution in [3.05, 3.63) is 60.2 Å². The highest BCUT2D eigenvalue weighted by Crippen LogP contribution is 2.29. The molecule has 0 fully saturated rings. The summed E-state index contributed by atoms with van der Waals surface area (Å²) >= 11 is 0. The molecule has 2 aromatic rings. The highest BCUT2D eigenvalue weighted by Gasteiger charge is 2.13. The van der Waals surface area contributed by atoms with Crippen LogP contribution >= 0.6 is 0 Å². The number of rotatable bonds is 6. The van der Waals surface area contributed by atoms with Gasteiger partial charge in [0, 0.05) is 6.54 Å². The van der Waals surface area contributed by atoms with Crippen molar-refractivity contribution >= 4 is 10.2 Å². The van der Waals surface area contributed by atoms with Crippen molar-refractivity contribution in [2.45, 2.75) is 12.5 Å². The number of nitrogens with one attached hydrogen (secondary N) is 1. The highest BCUT2D eigenvalue weighted by atomic mass is 32.2. The molecule has 1 unspecified atom stereocenters. The van der Waals surface area contributed by atoms with E-state index in [0.29, 0.717) is 0 Å². The molecular weight excluding hydrogens is 288 g/mol. The Morgan fingerprint density at radius 1 is 1.05 bits per heavy atom. The smallest absolute Gasteiger partial charge is 0.274 e. The lowest BCUT2D eigenvalue weighted by molar-refractivity contribution is 0.169. The van der Waals surface area contributed by atoms with Crippen LogP contribution in [0.3, 0.4) is 0 Å². The highest BCUT2D eigenvalue weighted by molar-refractivity contribution is 7.87. The van der Waals surface area contributed by atoms with Gasteiger partial charge in [-0.2, -0.15) is 8.42 Å². The SMILES string of the molecule is NS(=O)(=O)NCCC(O)c1ccccc1-c1ccccc1. The zero-order chi connectivity index (χ0) is 15.3. The van der Waals surface area contributed by atoms with Gasteiger partial charge < -0.3 is 5.11 Å². The summed E-state index contributed by atoms with van der Waals surface area (Å²) in [5.74, 6) is 0. The van der Waals surface area contributed by atoms with Crippen molar-refractivity contribution in [1.29, 1.82) is 0 Å². The topological polar surface area (TPSA) is 92.4 Å². The van der Waals surface area contributed by atoms with E-state index in [1.54, 1.807) is 0 Å². The molecule has 0 saturated heterocycles. The Labute approximate surface area is 124 Å². The van der Waals surface area contributed by atoms with E-state index in [9.17, 15) is 13.5 Å². The van der Waals surface area contributed by atoms with Crippen LogP contribution in [0.4, 0.5) is 0 Å². The van der Waals surface area contributed by atoms with Crippen LogP contribution in [0.5, 0.6) is 0 Å². The summed E-state index contributed by atoms with van der Waals surface area (Å²) in [5.41, 5.74) is 2.70. The predicted octanol–water partition coefficient (Wildman–Crippen LogP) is 1.57. The zero-order valence-corrected chi connectivity index (χ0v) is 12.3. The van der Waals surface area contributed by atoms with Crippen LogP contribution in [0.2, 0.25) is 0 Å². The molecule has 21 heavy (non-hydrogen) atoms. The van der Waals surface area contributed by atoms with Crippen molar-refractivity contribution in [2.24, 2.45) is 5.14 Å². The molecule has 1 atom stereocenters. The first-order valence-corrected chi connectivity index (χ1v) is 8.12. The lowest BCUT2D eigenvalue weighted by Crippen LogP contribution is -2.32. The van der Waals surface area contributed by atoms with Crippen LogP contribution in [0.25, 0.3) is 11.1 Å². The van der Waals surface area contributed by atoms with Gasteiger partial charge in [-0.3, -0.25) is 0 Å². The third-order valence-electron chi connectivity index (χ3n) is 3.13. The summed E-state index contributed by atoms with van der Waals surface area (Å²) in [5, 5.41) is 15.1. The molecule has 6 heteroatoms. The van der Waals surface area contributed by atoms with Gasteiger partial charge in [-0.05, 0) is 23.1 Å². The minimum Gasteiger partial charge on any atom is -0.388 e. The molecule has 0 radical (unpaired) electrons. The monoisotopic (exact) mass is 306 g/mol. The van der Waals surface area contributed by atoms with Gasteiger partial charge >= 0.3 is 0 Å². The van der Waals surface area contributed by atoms with Crippen LogP contribution < -0.4 is 9.86 Å². The third-order valence-corrected chi connectivity index (χ3v) is 3.73. The summed E-state index contributed by atoms with van der Waals surface area (Å²) in [6.07, 6.45) is -0.518. The Kier molecular flexibility index (Phi) is 5.08. The van der Waals surface area contributed by atoms with E-state index >= 15 is 0 Å². The Hall–Kier alpha value is -1.73. The number of aliphatic hydroxyl groups excluding tert-OH is 1. The van der Waals surface area contributed by atoms with Gasteiger partial charge in [0.1, 0.15) is 0 Å². The van der Waals surface area contributed by atoms with Crippen molar-refractivity contribution < 1.29 is 13.5 Å². The lowest BCUT2D eigenvalue weighted by Gasteiger charge is -2.16. The molecule has 0 aliphatic rings. The molecule has 0 bridgehead atoms. The van der Waals surface area contributed by atoms with Crippen LogP contribution in [0.15, 0.2) is 54.6 Å². The van der Waals surface area contributed by atoms with Gasteiger partial charge in [-0.15, -0.1) is 0 Å². The number of aliphatic hydroxyl groups is 1. The molecule has 0 heterocycles. The minimum absolute atomic E-state index is 0.0864. The Morgan fingerprint density at radius 3 is 2.33 bits per heavy atom. The van der Waals surface area contributed by atoms with Crippen LogP contribution in [0, 0.1) is 0 Å². The molecule has 112 valence electrons. The van der Waals surface area contributed by atoms with E-state index in [0.717, 1.165) is 16.7 Å². The van der Waals surface area contributed by atoms with Gasteiger partial charge in [0.25, 0.3) is 10.2 Å². The fourth-order valence-corrected chi connectivity index (χ4v) is 2.56. The summed E-state index contributed by atoms with van der Waals surface area (Å²) in [6, 6.07) is 17.2. The fraction of sp³-hybridized carbons (Fsp3) is 0.200. The largest absolute Gasteiger partial charge is 0.388 e. The molecule has 0 aliphatic carbocycles. The quantitative estimate of drug-likeness (QED) is 0.756. The molecule has 4 N–H and O–H groups in total. The molecule has 0 aromatic heterocycles. The van der Waals surface area contributed by atoms with E-state index in [-0.39, 0.29) is 13.0 Å². The van der Waals surface area contributed by atoms with E-state index in [1.807, 2.05) is 54.6 Å². The summed E-state index contributed by atoms with van der Waals surface area (Å²) in [6.45, 7) is 0.0864. The second-order valence-corrected chi connectivity index (χ2v) is 6.08. The number of nitrogens with two attached hydrogens (primary N) is 1. The van der Waals surface area contributed by atoms with E-state index in [4.69, 9.17) is 5.14 Å². The normalized spacial score (nSPS) is 13.0. The third kappa shape index (κ3) is 4.64. The maximum absolute atomic E-state index is 10.8. The number of hydrogen-bond acceptors (Lipinski definition) is 3. The molecular formula is C15H18N2O3S. The molecule has 2 rings (SSSR count). The first-order chi connectivity index (χ1) is 9.97. The van der Waals surface area contributed by atoms with E-state index in [2.05, 4.69) is 4.72 Å². The average Bonchev–Trinajstić information content (AvgIpc) is 2.47. The van der Waals surface area contributed by atoms with Gasteiger partial charge in [-0.1, -0.05) is 54.6 Å². The van der Waals surface area contributed by atoms with Crippen molar-refractivity contribution in [1.82, 2.24) is 4.72 Å². The standard InChI is InChI=1S/C15H18N2O3S/c16-21(19,20)17-11-10-15(18)14-9-5-4-8-13(14)12-6-2-1-3-7-12/h1-9,15,17-18H,10-11H2,(H2,16,19,20). The van der Waals surface area contributed by atoms with Crippen LogP contribution in [0.1, 0.15) is 18.1 Å². The van der Waals surface area contributed by atoms with Crippen molar-refractivity contribution in [3.8, 4) is 11.1 Å². The Bertz CT molecular complexity index is 687. The van der Waals surface area contributed by atoms with Gasteiger partial charge in [0.15, 0.2) is 0 Å². The molecule has 0 spiro atoms. The predicted molar refractivity (Wildman–Crippen MR) is 82.6 cm³/mol. The molecule has 2 aromatic carbocycles. The van der Waals surface area contributed by atoms with Crippen molar-refractivity contribution in [3.63, 3.8) is 0 Å². The molecule has 0 aliphatic heterocycles. The first-order valence-electron chi connectivity index (χ1n) is 6.57. The zero-order valence-electron chi connectivity index (χ0n) is 11.4. The molecule has 0 saturated carbocycles. The maximum atomic E-state index is 10.8. The van der Waals surface area contributed by atoms with Gasteiger partial charge in [0.05, 0.1) is 6.10 Å². The Balaban J connectivity index is 2.16. The van der Waals surface area contributed by atoms with E-state index < -0.39 is 16.3 Å². The van der Waals surface area contributed by atoms with Crippen molar-refractivity contribution in [2.75, 3.05) is 6.54 Å². The average molecular weight is 306 g/mol. The fourth-order valence-electron chi connectivity index (χ4n) is 2.16. The lowest BCUT2D eigenvalue weighted by atomic mass is 9.95. The summed E-state index contributed by atoms with van der Waals surface area (Å²) in [4.78, 5) is 0. The van der Waals surface area contributed by atoms with E-state index in [1.165, 1.54) is 0 Å². The number of benzene rings is 2. The second kappa shape index (κ2) is 6.82. The second-order valence-electron chi connectivity index (χ2n) is 4.70. The summed E-state index contributed by atoms with van der Waals surface area (Å²) < 4.78 is 23.8. The van der Waals surface area contributed by atoms with Gasteiger partial charge in [0.2, 0.25) is 0 Å². The van der Waals surface area contributed by atoms with Crippen LogP contribution in [-0.4, -0.2) is 20.1 Å². The van der Waals surface area contributed by atoms with Gasteiger partial charge in [-0.25, -0.2) is 9.86 Å². The first kappa shape index (κ1) is 15.7.